The molecule has 1 N–H and O–H groups in total. The third kappa shape index (κ3) is 6.02. The van der Waals surface area contributed by atoms with Crippen LogP contribution in [-0.4, -0.2) is 16.5 Å². The highest BCUT2D eigenvalue weighted by Gasteiger charge is 2.12. The van der Waals surface area contributed by atoms with Crippen molar-refractivity contribution in [2.24, 2.45) is 0 Å². The minimum atomic E-state index is -0.261. The topological polar surface area (TPSA) is 51.2 Å². The van der Waals surface area contributed by atoms with Gasteiger partial charge in [0.2, 0.25) is 0 Å². The fourth-order valence-electron chi connectivity index (χ4n) is 1.23. The maximum Gasteiger partial charge on any atom is 0.325 e. The number of rotatable bonds is 4. The van der Waals surface area contributed by atoms with Gasteiger partial charge in [-0.2, -0.15) is 0 Å². The van der Waals surface area contributed by atoms with Crippen molar-refractivity contribution in [2.75, 3.05) is 0 Å². The van der Waals surface area contributed by atoms with Gasteiger partial charge in [-0.3, -0.25) is 9.78 Å². The lowest BCUT2D eigenvalue weighted by Gasteiger charge is -2.19. The molecule has 0 radical (unpaired) electrons. The summed E-state index contributed by atoms with van der Waals surface area (Å²) in [6, 6.07) is 5.79. The first kappa shape index (κ1) is 13.6. The van der Waals surface area contributed by atoms with E-state index in [0.29, 0.717) is 12.8 Å². The zero-order valence-electron chi connectivity index (χ0n) is 10.9. The number of carbonyl (C=O) groups is 1. The summed E-state index contributed by atoms with van der Waals surface area (Å²) in [5.74, 6) is -0.261. The van der Waals surface area contributed by atoms with Crippen LogP contribution in [0.1, 0.15) is 38.6 Å². The van der Waals surface area contributed by atoms with Crippen molar-refractivity contribution in [3.8, 4) is 0 Å². The predicted molar refractivity (Wildman–Crippen MR) is 66.3 cm³/mol. The molecule has 0 spiro atoms. The number of pyridine rings is 1. The molecule has 0 aliphatic heterocycles. The van der Waals surface area contributed by atoms with Crippen LogP contribution in [-0.2, 0) is 16.1 Å². The largest absolute Gasteiger partial charge is 0.370 e. The molecule has 0 atom stereocenters. The zero-order valence-corrected chi connectivity index (χ0v) is 10.9. The predicted octanol–water partition coefficient (Wildman–Crippen LogP) is 2.17. The fourth-order valence-corrected chi connectivity index (χ4v) is 1.23. The van der Waals surface area contributed by atoms with Gasteiger partial charge >= 0.3 is 5.97 Å². The van der Waals surface area contributed by atoms with Crippen LogP contribution in [0.15, 0.2) is 18.2 Å². The summed E-state index contributed by atoms with van der Waals surface area (Å²) in [5, 5.41) is 0. The van der Waals surface area contributed by atoms with Crippen molar-refractivity contribution in [1.29, 1.82) is 0 Å². The quantitative estimate of drug-likeness (QED) is 0.814. The smallest absolute Gasteiger partial charge is 0.325 e. The Morgan fingerprint density at radius 3 is 2.71 bits per heavy atom. The standard InChI is InChI=1S/C13H20N2O2/c1-10-6-5-7-11(14-10)8-9-12(16)17-15-13(2,3)4/h5-7,15H,8-9H2,1-4H3. The molecular formula is C13H20N2O2. The van der Waals surface area contributed by atoms with Gasteiger partial charge in [0.1, 0.15) is 0 Å². The second-order valence-corrected chi connectivity index (χ2v) is 5.10. The molecule has 0 amide bonds. The Balaban J connectivity index is 2.33. The Kier molecular flexibility index (Phi) is 4.63. The average Bonchev–Trinajstić information content (AvgIpc) is 2.23. The van der Waals surface area contributed by atoms with Crippen LogP contribution in [0.3, 0.4) is 0 Å². The van der Waals surface area contributed by atoms with Gasteiger partial charge in [-0.15, -0.1) is 5.48 Å². The highest BCUT2D eigenvalue weighted by Crippen LogP contribution is 2.03. The van der Waals surface area contributed by atoms with Crippen LogP contribution in [0.5, 0.6) is 0 Å². The van der Waals surface area contributed by atoms with E-state index in [1.54, 1.807) is 0 Å². The molecule has 1 rings (SSSR count). The maximum atomic E-state index is 11.4. The molecule has 0 bridgehead atoms. The Morgan fingerprint density at radius 2 is 2.12 bits per heavy atom. The number of carbonyl (C=O) groups excluding carboxylic acids is 1. The van der Waals surface area contributed by atoms with E-state index in [0.717, 1.165) is 11.4 Å². The second kappa shape index (κ2) is 5.77. The van der Waals surface area contributed by atoms with E-state index < -0.39 is 0 Å². The van der Waals surface area contributed by atoms with Gasteiger partial charge in [-0.25, -0.2) is 0 Å². The van der Waals surface area contributed by atoms with Gasteiger partial charge in [0.25, 0.3) is 0 Å². The van der Waals surface area contributed by atoms with E-state index in [9.17, 15) is 4.79 Å². The van der Waals surface area contributed by atoms with Gasteiger partial charge in [-0.1, -0.05) is 6.07 Å². The summed E-state index contributed by atoms with van der Waals surface area (Å²) < 4.78 is 0. The molecule has 1 aromatic heterocycles. The molecule has 4 heteroatoms. The van der Waals surface area contributed by atoms with Gasteiger partial charge in [-0.05, 0) is 39.8 Å². The molecule has 0 unspecified atom stereocenters. The van der Waals surface area contributed by atoms with Gasteiger partial charge in [0.05, 0.1) is 6.42 Å². The van der Waals surface area contributed by atoms with Gasteiger partial charge in [0.15, 0.2) is 0 Å². The molecule has 0 aliphatic rings. The summed E-state index contributed by atoms with van der Waals surface area (Å²) in [7, 11) is 0. The van der Waals surface area contributed by atoms with Crippen LogP contribution >= 0.6 is 0 Å². The van der Waals surface area contributed by atoms with E-state index in [1.165, 1.54) is 0 Å². The maximum absolute atomic E-state index is 11.4. The van der Waals surface area contributed by atoms with Crippen molar-refractivity contribution >= 4 is 5.97 Å². The van der Waals surface area contributed by atoms with Crippen LogP contribution in [0, 0.1) is 6.92 Å². The third-order valence-corrected chi connectivity index (χ3v) is 2.00. The molecule has 0 fully saturated rings. The summed E-state index contributed by atoms with van der Waals surface area (Å²) in [6.07, 6.45) is 0.936. The molecule has 0 aliphatic carbocycles. The molecule has 94 valence electrons. The van der Waals surface area contributed by atoms with Crippen molar-refractivity contribution in [1.82, 2.24) is 10.5 Å². The SMILES string of the molecule is Cc1cccc(CCC(=O)ONC(C)(C)C)n1. The molecule has 0 aromatic carbocycles. The van der Waals surface area contributed by atoms with E-state index in [4.69, 9.17) is 4.84 Å². The van der Waals surface area contributed by atoms with Gasteiger partial charge < -0.3 is 4.84 Å². The summed E-state index contributed by atoms with van der Waals surface area (Å²) >= 11 is 0. The molecule has 1 aromatic rings. The summed E-state index contributed by atoms with van der Waals surface area (Å²) in [4.78, 5) is 20.7. The number of hydroxylamine groups is 1. The van der Waals surface area contributed by atoms with Crippen molar-refractivity contribution < 1.29 is 9.63 Å². The number of aryl methyl sites for hydroxylation is 2. The first-order valence-corrected chi connectivity index (χ1v) is 5.76. The minimum Gasteiger partial charge on any atom is -0.370 e. The monoisotopic (exact) mass is 236 g/mol. The number of hydrogen-bond donors (Lipinski definition) is 1. The highest BCUT2D eigenvalue weighted by atomic mass is 16.7. The molecule has 4 nitrogen and oxygen atoms in total. The fraction of sp³-hybridized carbons (Fsp3) is 0.538. The molecule has 0 saturated heterocycles. The first-order valence-electron chi connectivity index (χ1n) is 5.76. The second-order valence-electron chi connectivity index (χ2n) is 5.10. The van der Waals surface area contributed by atoms with Crippen molar-refractivity contribution in [3.05, 3.63) is 29.6 Å². The van der Waals surface area contributed by atoms with Gasteiger partial charge in [0, 0.05) is 23.3 Å². The van der Waals surface area contributed by atoms with Crippen LogP contribution in [0.4, 0.5) is 0 Å². The number of nitrogens with one attached hydrogen (secondary N) is 1. The molecule has 0 saturated carbocycles. The average molecular weight is 236 g/mol. The van der Waals surface area contributed by atoms with Crippen LogP contribution < -0.4 is 5.48 Å². The Hall–Kier alpha value is -1.42. The van der Waals surface area contributed by atoms with E-state index in [2.05, 4.69) is 10.5 Å². The van der Waals surface area contributed by atoms with Crippen molar-refractivity contribution in [2.45, 2.75) is 46.1 Å². The normalized spacial score (nSPS) is 11.3. The van der Waals surface area contributed by atoms with Crippen LogP contribution in [0.25, 0.3) is 0 Å². The van der Waals surface area contributed by atoms with E-state index >= 15 is 0 Å². The van der Waals surface area contributed by atoms with Crippen molar-refractivity contribution in [3.63, 3.8) is 0 Å². The van der Waals surface area contributed by atoms with E-state index in [-0.39, 0.29) is 11.5 Å². The Labute approximate surface area is 102 Å². The Morgan fingerprint density at radius 1 is 1.41 bits per heavy atom. The lowest BCUT2D eigenvalue weighted by Crippen LogP contribution is -2.37. The van der Waals surface area contributed by atoms with E-state index in [1.807, 2.05) is 45.9 Å². The van der Waals surface area contributed by atoms with Crippen LogP contribution in [0.2, 0.25) is 0 Å². The lowest BCUT2D eigenvalue weighted by atomic mass is 10.1. The molecular weight excluding hydrogens is 216 g/mol. The number of nitrogens with zero attached hydrogens (tertiary/aromatic N) is 1. The Bertz CT molecular complexity index is 383. The molecule has 17 heavy (non-hydrogen) atoms. The number of aromatic nitrogens is 1. The summed E-state index contributed by atoms with van der Waals surface area (Å²) in [6.45, 7) is 7.73. The molecule has 1 heterocycles. The number of hydrogen-bond acceptors (Lipinski definition) is 4. The third-order valence-electron chi connectivity index (χ3n) is 2.00. The minimum absolute atomic E-state index is 0.225. The first-order chi connectivity index (χ1) is 7.87. The lowest BCUT2D eigenvalue weighted by molar-refractivity contribution is -0.155. The summed E-state index contributed by atoms with van der Waals surface area (Å²) in [5.41, 5.74) is 4.35. The zero-order chi connectivity index (χ0) is 12.9. The highest BCUT2D eigenvalue weighted by molar-refractivity contribution is 5.69.